The predicted molar refractivity (Wildman–Crippen MR) is 107 cm³/mol. The zero-order chi connectivity index (χ0) is 21.4. The van der Waals surface area contributed by atoms with Gasteiger partial charge in [-0.15, -0.1) is 0 Å². The number of rotatable bonds is 9. The number of sulfonamides is 1. The summed E-state index contributed by atoms with van der Waals surface area (Å²) in [7, 11) is 0.864. The van der Waals surface area contributed by atoms with Crippen LogP contribution in [0.5, 0.6) is 5.75 Å². The number of carbonyl (C=O) groups is 2. The number of nitrogens with one attached hydrogen (secondary N) is 1. The SMILES string of the molecule is COc1ccc(CCNC(=O)COC(=O)c2ccc(S(=O)(=O)N(C)C)cc2)cc1. The molecule has 0 heterocycles. The van der Waals surface area contributed by atoms with Gasteiger partial charge in [0.1, 0.15) is 5.75 Å². The van der Waals surface area contributed by atoms with E-state index in [-0.39, 0.29) is 10.5 Å². The molecule has 0 aromatic heterocycles. The van der Waals surface area contributed by atoms with Crippen molar-refractivity contribution in [3.05, 3.63) is 59.7 Å². The van der Waals surface area contributed by atoms with Crippen LogP contribution in [0, 0.1) is 0 Å². The molecule has 156 valence electrons. The minimum Gasteiger partial charge on any atom is -0.497 e. The van der Waals surface area contributed by atoms with Gasteiger partial charge in [0.15, 0.2) is 6.61 Å². The van der Waals surface area contributed by atoms with Crippen molar-refractivity contribution < 1.29 is 27.5 Å². The fourth-order valence-corrected chi connectivity index (χ4v) is 3.28. The third kappa shape index (κ3) is 6.30. The fourth-order valence-electron chi connectivity index (χ4n) is 2.38. The number of benzene rings is 2. The maximum absolute atomic E-state index is 12.0. The zero-order valence-electron chi connectivity index (χ0n) is 16.5. The Hall–Kier alpha value is -2.91. The molecule has 8 nitrogen and oxygen atoms in total. The van der Waals surface area contributed by atoms with Crippen LogP contribution in [0.2, 0.25) is 0 Å². The van der Waals surface area contributed by atoms with Crippen molar-refractivity contribution in [3.63, 3.8) is 0 Å². The molecule has 1 N–H and O–H groups in total. The smallest absolute Gasteiger partial charge is 0.338 e. The lowest BCUT2D eigenvalue weighted by atomic mass is 10.1. The lowest BCUT2D eigenvalue weighted by Gasteiger charge is -2.11. The Morgan fingerprint density at radius 2 is 1.62 bits per heavy atom. The molecule has 0 saturated heterocycles. The second-order valence-corrected chi connectivity index (χ2v) is 8.49. The molecule has 0 bridgehead atoms. The number of amides is 1. The number of esters is 1. The molecule has 0 fully saturated rings. The fraction of sp³-hybridized carbons (Fsp3) is 0.300. The maximum Gasteiger partial charge on any atom is 0.338 e. The summed E-state index contributed by atoms with van der Waals surface area (Å²) in [4.78, 5) is 23.9. The van der Waals surface area contributed by atoms with Crippen LogP contribution in [0.4, 0.5) is 0 Å². The first-order valence-electron chi connectivity index (χ1n) is 8.83. The predicted octanol–water partition coefficient (Wildman–Crippen LogP) is 1.46. The van der Waals surface area contributed by atoms with Crippen molar-refractivity contribution in [3.8, 4) is 5.75 Å². The lowest BCUT2D eigenvalue weighted by Crippen LogP contribution is -2.30. The molecule has 0 spiro atoms. The van der Waals surface area contributed by atoms with E-state index in [1.54, 1.807) is 7.11 Å². The van der Waals surface area contributed by atoms with Gasteiger partial charge in [-0.3, -0.25) is 4.79 Å². The molecule has 0 atom stereocenters. The van der Waals surface area contributed by atoms with Crippen molar-refractivity contribution in [2.75, 3.05) is 34.4 Å². The third-order valence-corrected chi connectivity index (χ3v) is 5.93. The number of carbonyl (C=O) groups excluding carboxylic acids is 2. The molecule has 2 rings (SSSR count). The Bertz CT molecular complexity index is 938. The van der Waals surface area contributed by atoms with Crippen molar-refractivity contribution in [1.29, 1.82) is 0 Å². The van der Waals surface area contributed by atoms with E-state index in [4.69, 9.17) is 9.47 Å². The van der Waals surface area contributed by atoms with E-state index < -0.39 is 28.5 Å². The highest BCUT2D eigenvalue weighted by atomic mass is 32.2. The Kier molecular flexibility index (Phi) is 7.74. The summed E-state index contributed by atoms with van der Waals surface area (Å²) in [5.41, 5.74) is 1.20. The van der Waals surface area contributed by atoms with Crippen LogP contribution in [0.3, 0.4) is 0 Å². The van der Waals surface area contributed by atoms with E-state index in [2.05, 4.69) is 5.32 Å². The van der Waals surface area contributed by atoms with E-state index in [0.29, 0.717) is 13.0 Å². The molecule has 0 radical (unpaired) electrons. The average molecular weight is 420 g/mol. The summed E-state index contributed by atoms with van der Waals surface area (Å²) < 4.78 is 35.2. The number of methoxy groups -OCH3 is 1. The van der Waals surface area contributed by atoms with Crippen molar-refractivity contribution in [2.24, 2.45) is 0 Å². The highest BCUT2D eigenvalue weighted by Crippen LogP contribution is 2.14. The van der Waals surface area contributed by atoms with Gasteiger partial charge in [0.05, 0.1) is 17.6 Å². The first-order chi connectivity index (χ1) is 13.7. The first-order valence-corrected chi connectivity index (χ1v) is 10.3. The van der Waals surface area contributed by atoms with E-state index >= 15 is 0 Å². The van der Waals surface area contributed by atoms with Crippen molar-refractivity contribution in [1.82, 2.24) is 9.62 Å². The van der Waals surface area contributed by atoms with Gasteiger partial charge in [0.2, 0.25) is 10.0 Å². The lowest BCUT2D eigenvalue weighted by molar-refractivity contribution is -0.124. The Morgan fingerprint density at radius 3 is 2.17 bits per heavy atom. The number of hydrogen-bond acceptors (Lipinski definition) is 6. The summed E-state index contributed by atoms with van der Waals surface area (Å²) in [6.45, 7) is -0.0149. The normalized spacial score (nSPS) is 11.2. The number of hydrogen-bond donors (Lipinski definition) is 1. The highest BCUT2D eigenvalue weighted by molar-refractivity contribution is 7.89. The van der Waals surface area contributed by atoms with Crippen LogP contribution in [0.25, 0.3) is 0 Å². The largest absolute Gasteiger partial charge is 0.497 e. The summed E-state index contributed by atoms with van der Waals surface area (Å²) in [6.07, 6.45) is 0.630. The van der Waals surface area contributed by atoms with Crippen LogP contribution in [0.15, 0.2) is 53.4 Å². The van der Waals surface area contributed by atoms with E-state index in [0.717, 1.165) is 15.6 Å². The Balaban J connectivity index is 1.78. The van der Waals surface area contributed by atoms with Gasteiger partial charge in [-0.1, -0.05) is 12.1 Å². The molecular weight excluding hydrogens is 396 g/mol. The van der Waals surface area contributed by atoms with Crippen LogP contribution in [0.1, 0.15) is 15.9 Å². The molecule has 0 aliphatic rings. The first kappa shape index (κ1) is 22.4. The third-order valence-electron chi connectivity index (χ3n) is 4.10. The molecule has 0 unspecified atom stereocenters. The topological polar surface area (TPSA) is 102 Å². The van der Waals surface area contributed by atoms with Crippen LogP contribution >= 0.6 is 0 Å². The van der Waals surface area contributed by atoms with Crippen molar-refractivity contribution in [2.45, 2.75) is 11.3 Å². The van der Waals surface area contributed by atoms with Gasteiger partial charge in [-0.05, 0) is 48.4 Å². The second-order valence-electron chi connectivity index (χ2n) is 6.34. The number of ether oxygens (including phenoxy) is 2. The van der Waals surface area contributed by atoms with Crippen LogP contribution < -0.4 is 10.1 Å². The van der Waals surface area contributed by atoms with E-state index in [1.807, 2.05) is 24.3 Å². The summed E-state index contributed by atoms with van der Waals surface area (Å²) in [6, 6.07) is 12.8. The van der Waals surface area contributed by atoms with Gasteiger partial charge in [-0.2, -0.15) is 0 Å². The van der Waals surface area contributed by atoms with Gasteiger partial charge >= 0.3 is 5.97 Å². The molecule has 0 aliphatic heterocycles. The van der Waals surface area contributed by atoms with Gasteiger partial charge in [-0.25, -0.2) is 17.5 Å². The second kappa shape index (κ2) is 10.0. The van der Waals surface area contributed by atoms with Crippen molar-refractivity contribution >= 4 is 21.9 Å². The molecule has 9 heteroatoms. The molecule has 0 aliphatic carbocycles. The van der Waals surface area contributed by atoms with Gasteiger partial charge < -0.3 is 14.8 Å². The Morgan fingerprint density at radius 1 is 1.00 bits per heavy atom. The van der Waals surface area contributed by atoms with Crippen LogP contribution in [-0.2, 0) is 26.0 Å². The summed E-state index contributed by atoms with van der Waals surface area (Å²) in [5, 5.41) is 2.68. The average Bonchev–Trinajstić information content (AvgIpc) is 2.72. The maximum atomic E-state index is 12.0. The minimum atomic E-state index is -3.57. The standard InChI is InChI=1S/C20H24N2O6S/c1-22(2)29(25,26)18-10-6-16(7-11-18)20(24)28-14-19(23)21-13-12-15-4-8-17(27-3)9-5-15/h4-11H,12-14H2,1-3H3,(H,21,23). The monoisotopic (exact) mass is 420 g/mol. The minimum absolute atomic E-state index is 0.0651. The Labute approximate surface area is 170 Å². The zero-order valence-corrected chi connectivity index (χ0v) is 17.4. The quantitative estimate of drug-likeness (QED) is 0.617. The van der Waals surface area contributed by atoms with Gasteiger partial charge in [0.25, 0.3) is 5.91 Å². The van der Waals surface area contributed by atoms with E-state index in [1.165, 1.54) is 38.4 Å². The van der Waals surface area contributed by atoms with E-state index in [9.17, 15) is 18.0 Å². The molecule has 0 saturated carbocycles. The summed E-state index contributed by atoms with van der Waals surface area (Å²) >= 11 is 0. The molecule has 1 amide bonds. The molecular formula is C20H24N2O6S. The molecule has 2 aromatic rings. The molecule has 2 aromatic carbocycles. The highest BCUT2D eigenvalue weighted by Gasteiger charge is 2.18. The van der Waals surface area contributed by atoms with Gasteiger partial charge in [0, 0.05) is 20.6 Å². The molecule has 29 heavy (non-hydrogen) atoms. The number of nitrogens with zero attached hydrogens (tertiary/aromatic N) is 1. The summed E-state index contributed by atoms with van der Waals surface area (Å²) in [5.74, 6) is -0.361. The van der Waals surface area contributed by atoms with Crippen LogP contribution in [-0.4, -0.2) is 59.0 Å².